The first-order valence-electron chi connectivity index (χ1n) is 9.27. The van der Waals surface area contributed by atoms with Gasteiger partial charge in [-0.3, -0.25) is 4.18 Å². The normalized spacial score (nSPS) is 22.1. The fourth-order valence-corrected chi connectivity index (χ4v) is 3.64. The zero-order valence-electron chi connectivity index (χ0n) is 16.5. The van der Waals surface area contributed by atoms with Crippen LogP contribution >= 0.6 is 0 Å². The molecular weight excluding hydrogens is 421 g/mol. The summed E-state index contributed by atoms with van der Waals surface area (Å²) in [5, 5.41) is 1.53. The number of hydrogen-bond acceptors (Lipinski definition) is 6. The third-order valence-electron chi connectivity index (χ3n) is 4.76. The van der Waals surface area contributed by atoms with E-state index in [2.05, 4.69) is 5.43 Å². The van der Waals surface area contributed by atoms with Gasteiger partial charge in [-0.1, -0.05) is 30.3 Å². The van der Waals surface area contributed by atoms with E-state index < -0.39 is 22.3 Å². The molecule has 1 N–H and O–H groups in total. The number of methoxy groups -OCH3 is 1. The van der Waals surface area contributed by atoms with Gasteiger partial charge in [-0.05, 0) is 42.2 Å². The summed E-state index contributed by atoms with van der Waals surface area (Å²) in [7, 11) is -1.97. The zero-order valence-corrected chi connectivity index (χ0v) is 17.3. The number of rotatable bonds is 7. The molecule has 2 unspecified atom stereocenters. The van der Waals surface area contributed by atoms with Crippen molar-refractivity contribution in [2.24, 2.45) is 0 Å². The predicted molar refractivity (Wildman–Crippen MR) is 106 cm³/mol. The van der Waals surface area contributed by atoms with E-state index in [1.807, 2.05) is 6.08 Å². The van der Waals surface area contributed by atoms with E-state index in [0.29, 0.717) is 29.9 Å². The molecule has 0 bridgehead atoms. The summed E-state index contributed by atoms with van der Waals surface area (Å²) in [5.74, 6) is 0.670. The molecule has 1 aliphatic carbocycles. The molecular formula is C20H23F3N2O4S. The Hall–Kier alpha value is -2.30. The molecule has 1 aliphatic heterocycles. The highest BCUT2D eigenvalue weighted by atomic mass is 32.2. The van der Waals surface area contributed by atoms with Crippen LogP contribution in [0.1, 0.15) is 17.5 Å². The fraction of sp³-hybridized carbons (Fsp3) is 0.400. The SMILES string of the molecule is COC1=CCC(N2NC(C(F)(F)F)C=C2c2ccc(CCOS(C)(=O)=O)cc2)C=C1. The summed E-state index contributed by atoms with van der Waals surface area (Å²) in [5.41, 5.74) is 4.43. The average Bonchev–Trinajstić information content (AvgIpc) is 3.13. The van der Waals surface area contributed by atoms with Crippen molar-refractivity contribution in [2.75, 3.05) is 20.0 Å². The van der Waals surface area contributed by atoms with Gasteiger partial charge in [0.15, 0.2) is 0 Å². The molecule has 164 valence electrons. The first kappa shape index (κ1) is 22.4. The van der Waals surface area contributed by atoms with Crippen LogP contribution in [0.2, 0.25) is 0 Å². The number of nitrogens with one attached hydrogen (secondary N) is 1. The Bertz CT molecular complexity index is 953. The quantitative estimate of drug-likeness (QED) is 0.652. The fourth-order valence-electron chi connectivity index (χ4n) is 3.26. The molecule has 1 aromatic carbocycles. The molecule has 10 heteroatoms. The van der Waals surface area contributed by atoms with Crippen molar-refractivity contribution in [2.45, 2.75) is 31.1 Å². The number of ether oxygens (including phenoxy) is 1. The first-order valence-corrected chi connectivity index (χ1v) is 11.1. The molecule has 0 aromatic heterocycles. The Morgan fingerprint density at radius 1 is 1.23 bits per heavy atom. The number of hydrazine groups is 1. The summed E-state index contributed by atoms with van der Waals surface area (Å²) < 4.78 is 72.0. The number of halogens is 3. The summed E-state index contributed by atoms with van der Waals surface area (Å²) in [6, 6.07) is 4.86. The molecule has 0 saturated carbocycles. The second-order valence-electron chi connectivity index (χ2n) is 7.02. The van der Waals surface area contributed by atoms with Gasteiger partial charge in [0.25, 0.3) is 10.1 Å². The zero-order chi connectivity index (χ0) is 21.9. The summed E-state index contributed by atoms with van der Waals surface area (Å²) in [6.07, 6.45) is 3.96. The molecule has 0 amide bonds. The highest BCUT2D eigenvalue weighted by molar-refractivity contribution is 7.85. The minimum Gasteiger partial charge on any atom is -0.497 e. The van der Waals surface area contributed by atoms with Gasteiger partial charge in [-0.25, -0.2) is 5.43 Å². The molecule has 0 fully saturated rings. The van der Waals surface area contributed by atoms with Crippen LogP contribution in [-0.4, -0.2) is 51.7 Å². The maximum Gasteiger partial charge on any atom is 0.409 e. The second-order valence-corrected chi connectivity index (χ2v) is 8.66. The van der Waals surface area contributed by atoms with Gasteiger partial charge in [-0.2, -0.15) is 21.6 Å². The van der Waals surface area contributed by atoms with Gasteiger partial charge in [0.2, 0.25) is 0 Å². The highest BCUT2D eigenvalue weighted by Crippen LogP contribution is 2.34. The standard InChI is InChI=1S/C20H23F3N2O4S/c1-28-17-9-7-16(8-10-17)25-18(13-19(24-25)20(21,22)23)15-5-3-14(4-6-15)11-12-29-30(2,26)27/h3-7,9-10,13,16,19,24H,8,11-12H2,1-2H3. The second kappa shape index (κ2) is 8.83. The lowest BCUT2D eigenvalue weighted by Gasteiger charge is -2.32. The summed E-state index contributed by atoms with van der Waals surface area (Å²) in [6.45, 7) is 0.00570. The van der Waals surface area contributed by atoms with Crippen molar-refractivity contribution >= 4 is 15.8 Å². The molecule has 2 aliphatic rings. The Balaban J connectivity index is 1.78. The van der Waals surface area contributed by atoms with Crippen LogP contribution in [0.25, 0.3) is 5.70 Å². The van der Waals surface area contributed by atoms with Crippen molar-refractivity contribution < 1.29 is 30.5 Å². The third-order valence-corrected chi connectivity index (χ3v) is 5.36. The highest BCUT2D eigenvalue weighted by Gasteiger charge is 2.44. The van der Waals surface area contributed by atoms with E-state index >= 15 is 0 Å². The van der Waals surface area contributed by atoms with Crippen molar-refractivity contribution in [1.82, 2.24) is 10.4 Å². The summed E-state index contributed by atoms with van der Waals surface area (Å²) in [4.78, 5) is 0. The smallest absolute Gasteiger partial charge is 0.409 e. The largest absolute Gasteiger partial charge is 0.497 e. The van der Waals surface area contributed by atoms with Gasteiger partial charge in [0.05, 0.1) is 31.7 Å². The molecule has 1 aromatic rings. The molecule has 0 radical (unpaired) electrons. The van der Waals surface area contributed by atoms with Crippen molar-refractivity contribution in [3.05, 3.63) is 65.5 Å². The molecule has 0 spiro atoms. The van der Waals surface area contributed by atoms with Crippen LogP contribution in [0.5, 0.6) is 0 Å². The maximum absolute atomic E-state index is 13.4. The van der Waals surface area contributed by atoms with E-state index in [9.17, 15) is 21.6 Å². The Morgan fingerprint density at radius 2 is 1.93 bits per heavy atom. The predicted octanol–water partition coefficient (Wildman–Crippen LogP) is 3.16. The van der Waals surface area contributed by atoms with Crippen LogP contribution in [0, 0.1) is 0 Å². The number of alkyl halides is 3. The maximum atomic E-state index is 13.4. The number of hydrogen-bond donors (Lipinski definition) is 1. The van der Waals surface area contributed by atoms with Crippen molar-refractivity contribution in [1.29, 1.82) is 0 Å². The van der Waals surface area contributed by atoms with Crippen LogP contribution in [0.4, 0.5) is 13.2 Å². The average molecular weight is 444 g/mol. The lowest BCUT2D eigenvalue weighted by molar-refractivity contribution is -0.150. The van der Waals surface area contributed by atoms with E-state index in [0.717, 1.165) is 11.8 Å². The third kappa shape index (κ3) is 5.65. The Morgan fingerprint density at radius 3 is 2.47 bits per heavy atom. The van der Waals surface area contributed by atoms with E-state index in [1.165, 1.54) is 18.2 Å². The number of benzene rings is 1. The minimum absolute atomic E-state index is 0.00570. The lowest BCUT2D eigenvalue weighted by atomic mass is 10.0. The van der Waals surface area contributed by atoms with Crippen molar-refractivity contribution in [3.63, 3.8) is 0 Å². The van der Waals surface area contributed by atoms with Crippen LogP contribution in [0.15, 0.2) is 54.3 Å². The van der Waals surface area contributed by atoms with E-state index in [4.69, 9.17) is 8.92 Å². The van der Waals surface area contributed by atoms with Crippen molar-refractivity contribution in [3.8, 4) is 0 Å². The van der Waals surface area contributed by atoms with Crippen LogP contribution in [0.3, 0.4) is 0 Å². The monoisotopic (exact) mass is 444 g/mol. The first-order chi connectivity index (χ1) is 14.1. The number of nitrogens with zero attached hydrogens (tertiary/aromatic N) is 1. The molecule has 2 atom stereocenters. The molecule has 6 nitrogen and oxygen atoms in total. The van der Waals surface area contributed by atoms with Gasteiger partial charge >= 0.3 is 6.18 Å². The van der Waals surface area contributed by atoms with Gasteiger partial charge in [-0.15, -0.1) is 0 Å². The molecule has 30 heavy (non-hydrogen) atoms. The molecule has 1 heterocycles. The van der Waals surface area contributed by atoms with Crippen LogP contribution in [-0.2, 0) is 25.5 Å². The van der Waals surface area contributed by atoms with Gasteiger partial charge in [0, 0.05) is 0 Å². The van der Waals surface area contributed by atoms with E-state index in [-0.39, 0.29) is 12.6 Å². The molecule has 0 saturated heterocycles. The minimum atomic E-state index is -4.42. The molecule has 3 rings (SSSR count). The summed E-state index contributed by atoms with van der Waals surface area (Å²) >= 11 is 0. The van der Waals surface area contributed by atoms with E-state index in [1.54, 1.807) is 36.4 Å². The lowest BCUT2D eigenvalue weighted by Crippen LogP contribution is -2.48. The van der Waals surface area contributed by atoms with Crippen LogP contribution < -0.4 is 5.43 Å². The Labute approximate surface area is 173 Å². The van der Waals surface area contributed by atoms with Gasteiger partial charge < -0.3 is 9.75 Å². The number of allylic oxidation sites excluding steroid dienone is 1. The Kier molecular flexibility index (Phi) is 6.59. The topological polar surface area (TPSA) is 67.9 Å². The van der Waals surface area contributed by atoms with Gasteiger partial charge in [0.1, 0.15) is 11.8 Å².